The van der Waals surface area contributed by atoms with Crippen LogP contribution in [0.2, 0.25) is 0 Å². The molecule has 0 radical (unpaired) electrons. The predicted molar refractivity (Wildman–Crippen MR) is 95.4 cm³/mol. The first-order valence-electron chi connectivity index (χ1n) is 9.29. The van der Waals surface area contributed by atoms with Crippen molar-refractivity contribution >= 4 is 17.8 Å². The van der Waals surface area contributed by atoms with Crippen molar-refractivity contribution in [3.8, 4) is 0 Å². The molecule has 2 amide bonds. The number of unbranched alkanes of at least 4 members (excludes halogenated alkanes) is 3. The molecule has 144 valence electrons. The number of carbonyl (C=O) groups excluding carboxylic acids is 3. The average molecular weight is 364 g/mol. The number of hydrogen-bond donors (Lipinski definition) is 1. The number of rotatable bonds is 9. The Kier molecular flexibility index (Phi) is 8.18. The van der Waals surface area contributed by atoms with Crippen LogP contribution in [-0.2, 0) is 14.3 Å². The van der Waals surface area contributed by atoms with Crippen LogP contribution in [-0.4, -0.2) is 49.4 Å². The maximum Gasteiger partial charge on any atom is 0.305 e. The van der Waals surface area contributed by atoms with Crippen molar-refractivity contribution in [2.45, 2.75) is 44.9 Å². The van der Waals surface area contributed by atoms with Gasteiger partial charge in [-0.25, -0.2) is 0 Å². The summed E-state index contributed by atoms with van der Waals surface area (Å²) in [5.41, 5.74) is 0. The van der Waals surface area contributed by atoms with Gasteiger partial charge < -0.3 is 19.4 Å². The molecule has 1 aliphatic heterocycles. The zero-order valence-electron chi connectivity index (χ0n) is 15.4. The molecule has 1 N–H and O–H groups in total. The van der Waals surface area contributed by atoms with Crippen molar-refractivity contribution in [3.05, 3.63) is 24.2 Å². The summed E-state index contributed by atoms with van der Waals surface area (Å²) < 4.78 is 9.73. The maximum atomic E-state index is 12.2. The number of furan rings is 1. The normalized spacial score (nSPS) is 14.9. The fourth-order valence-electron chi connectivity index (χ4n) is 3.11. The Hall–Kier alpha value is -2.31. The van der Waals surface area contributed by atoms with Gasteiger partial charge >= 0.3 is 5.97 Å². The van der Waals surface area contributed by atoms with Gasteiger partial charge in [0, 0.05) is 32.0 Å². The first kappa shape index (κ1) is 20.0. The van der Waals surface area contributed by atoms with Gasteiger partial charge in [0.25, 0.3) is 5.91 Å². The third kappa shape index (κ3) is 6.20. The first-order chi connectivity index (χ1) is 12.6. The van der Waals surface area contributed by atoms with Crippen molar-refractivity contribution < 1.29 is 23.5 Å². The lowest BCUT2D eigenvalue weighted by Gasteiger charge is -2.30. The Labute approximate surface area is 154 Å². The monoisotopic (exact) mass is 364 g/mol. The molecule has 0 aromatic carbocycles. The van der Waals surface area contributed by atoms with Crippen LogP contribution in [0, 0.1) is 5.92 Å². The number of nitrogens with zero attached hydrogens (tertiary/aromatic N) is 1. The van der Waals surface area contributed by atoms with Crippen LogP contribution in [0.15, 0.2) is 22.8 Å². The van der Waals surface area contributed by atoms with Crippen LogP contribution in [0.3, 0.4) is 0 Å². The van der Waals surface area contributed by atoms with E-state index < -0.39 is 0 Å². The fourth-order valence-corrected chi connectivity index (χ4v) is 3.11. The van der Waals surface area contributed by atoms with Gasteiger partial charge in [-0.15, -0.1) is 0 Å². The molecule has 1 aliphatic rings. The van der Waals surface area contributed by atoms with Crippen molar-refractivity contribution in [2.75, 3.05) is 26.7 Å². The van der Waals surface area contributed by atoms with Crippen LogP contribution in [0.25, 0.3) is 0 Å². The highest BCUT2D eigenvalue weighted by Crippen LogP contribution is 2.19. The number of ether oxygens (including phenoxy) is 1. The Balaban J connectivity index is 1.56. The van der Waals surface area contributed by atoms with Gasteiger partial charge in [0.1, 0.15) is 0 Å². The molecule has 2 rings (SSSR count). The van der Waals surface area contributed by atoms with E-state index in [-0.39, 0.29) is 23.7 Å². The minimum Gasteiger partial charge on any atom is -0.469 e. The summed E-state index contributed by atoms with van der Waals surface area (Å²) in [5.74, 6) is 0.107. The molecule has 0 saturated carbocycles. The topological polar surface area (TPSA) is 88.9 Å². The van der Waals surface area contributed by atoms with E-state index >= 15 is 0 Å². The minimum absolute atomic E-state index is 0.0324. The van der Waals surface area contributed by atoms with E-state index in [4.69, 9.17) is 4.42 Å². The van der Waals surface area contributed by atoms with Crippen LogP contribution < -0.4 is 5.32 Å². The summed E-state index contributed by atoms with van der Waals surface area (Å²) in [5, 5.41) is 2.98. The smallest absolute Gasteiger partial charge is 0.305 e. The van der Waals surface area contributed by atoms with Gasteiger partial charge in [-0.1, -0.05) is 12.8 Å². The summed E-state index contributed by atoms with van der Waals surface area (Å²) in [6.07, 6.45) is 6.97. The fraction of sp³-hybridized carbons (Fsp3) is 0.632. The molecule has 0 aliphatic carbocycles. The van der Waals surface area contributed by atoms with E-state index in [9.17, 15) is 14.4 Å². The highest BCUT2D eigenvalue weighted by Gasteiger charge is 2.28. The molecular weight excluding hydrogens is 336 g/mol. The summed E-state index contributed by atoms with van der Waals surface area (Å²) >= 11 is 0. The van der Waals surface area contributed by atoms with E-state index in [1.165, 1.54) is 13.4 Å². The van der Waals surface area contributed by atoms with Gasteiger partial charge in [0.15, 0.2) is 5.76 Å². The highest BCUT2D eigenvalue weighted by atomic mass is 16.5. The molecular formula is C19H28N2O5. The number of carbonyl (C=O) groups is 3. The number of hydrogen-bond acceptors (Lipinski definition) is 5. The Morgan fingerprint density at radius 1 is 1.19 bits per heavy atom. The zero-order chi connectivity index (χ0) is 18.8. The lowest BCUT2D eigenvalue weighted by Crippen LogP contribution is -2.43. The van der Waals surface area contributed by atoms with Crippen molar-refractivity contribution in [1.29, 1.82) is 0 Å². The van der Waals surface area contributed by atoms with Crippen molar-refractivity contribution in [1.82, 2.24) is 10.2 Å². The van der Waals surface area contributed by atoms with Crippen molar-refractivity contribution in [2.24, 2.45) is 5.92 Å². The number of amides is 2. The lowest BCUT2D eigenvalue weighted by atomic mass is 9.95. The van der Waals surface area contributed by atoms with Gasteiger partial charge in [0.05, 0.1) is 13.4 Å². The first-order valence-corrected chi connectivity index (χ1v) is 9.29. The Morgan fingerprint density at radius 2 is 1.92 bits per heavy atom. The zero-order valence-corrected chi connectivity index (χ0v) is 15.4. The summed E-state index contributed by atoms with van der Waals surface area (Å²) in [6.45, 7) is 1.80. The molecule has 0 spiro atoms. The van der Waals surface area contributed by atoms with E-state index in [0.717, 1.165) is 25.7 Å². The number of methoxy groups -OCH3 is 1. The molecule has 1 aromatic heterocycles. The van der Waals surface area contributed by atoms with Crippen LogP contribution in [0.4, 0.5) is 0 Å². The second-order valence-corrected chi connectivity index (χ2v) is 6.58. The second kappa shape index (κ2) is 10.6. The largest absolute Gasteiger partial charge is 0.469 e. The van der Waals surface area contributed by atoms with E-state index in [2.05, 4.69) is 10.1 Å². The van der Waals surface area contributed by atoms with Gasteiger partial charge in [-0.2, -0.15) is 0 Å². The molecule has 0 bridgehead atoms. The number of likely N-dealkylation sites (tertiary alicyclic amines) is 1. The van der Waals surface area contributed by atoms with E-state index in [1.807, 2.05) is 0 Å². The Morgan fingerprint density at radius 3 is 2.58 bits per heavy atom. The molecule has 0 unspecified atom stereocenters. The van der Waals surface area contributed by atoms with Crippen LogP contribution >= 0.6 is 0 Å². The highest BCUT2D eigenvalue weighted by molar-refractivity contribution is 5.91. The molecule has 1 saturated heterocycles. The third-order valence-electron chi connectivity index (χ3n) is 4.72. The lowest BCUT2D eigenvalue weighted by molar-refractivity contribution is -0.140. The van der Waals surface area contributed by atoms with Crippen LogP contribution in [0.5, 0.6) is 0 Å². The van der Waals surface area contributed by atoms with Gasteiger partial charge in [0.2, 0.25) is 5.91 Å². The average Bonchev–Trinajstić information content (AvgIpc) is 3.21. The summed E-state index contributed by atoms with van der Waals surface area (Å²) in [7, 11) is 1.40. The molecule has 1 fully saturated rings. The molecule has 7 heteroatoms. The number of piperidine rings is 1. The van der Waals surface area contributed by atoms with Crippen LogP contribution in [0.1, 0.15) is 55.5 Å². The second-order valence-electron chi connectivity index (χ2n) is 6.58. The standard InChI is InChI=1S/C19H28N2O5/c1-25-17(22)8-4-2-3-5-11-20-18(23)15-9-12-21(13-10-15)19(24)16-7-6-14-26-16/h6-7,14-15H,2-5,8-13H2,1H3,(H,20,23). The summed E-state index contributed by atoms with van der Waals surface area (Å²) in [6, 6.07) is 3.36. The van der Waals surface area contributed by atoms with Gasteiger partial charge in [-0.05, 0) is 37.8 Å². The Bertz CT molecular complexity index is 577. The van der Waals surface area contributed by atoms with E-state index in [0.29, 0.717) is 44.7 Å². The number of esters is 1. The molecule has 2 heterocycles. The van der Waals surface area contributed by atoms with Gasteiger partial charge in [-0.3, -0.25) is 14.4 Å². The molecule has 26 heavy (non-hydrogen) atoms. The minimum atomic E-state index is -0.171. The SMILES string of the molecule is COC(=O)CCCCCCNC(=O)C1CCN(C(=O)c2ccco2)CC1. The third-order valence-corrected chi connectivity index (χ3v) is 4.72. The van der Waals surface area contributed by atoms with Crippen molar-refractivity contribution in [3.63, 3.8) is 0 Å². The molecule has 0 atom stereocenters. The quantitative estimate of drug-likeness (QED) is 0.537. The molecule has 7 nitrogen and oxygen atoms in total. The predicted octanol–water partition coefficient (Wildman–Crippen LogP) is 2.37. The summed E-state index contributed by atoms with van der Waals surface area (Å²) in [4.78, 5) is 37.2. The molecule has 1 aromatic rings. The van der Waals surface area contributed by atoms with E-state index in [1.54, 1.807) is 17.0 Å². The number of nitrogens with one attached hydrogen (secondary N) is 1. The maximum absolute atomic E-state index is 12.2.